The van der Waals surface area contributed by atoms with Crippen LogP contribution in [0.4, 0.5) is 8.78 Å². The Hall–Kier alpha value is -0.430. The Morgan fingerprint density at radius 1 is 1.29 bits per heavy atom. The molecule has 0 aliphatic rings. The first-order valence-electron chi connectivity index (χ1n) is 4.14. The first kappa shape index (κ1) is 13.6. The van der Waals surface area contributed by atoms with Crippen LogP contribution in [0.3, 0.4) is 0 Å². The summed E-state index contributed by atoms with van der Waals surface area (Å²) >= 11 is 0. The van der Waals surface area contributed by atoms with E-state index < -0.39 is 13.3 Å². The van der Waals surface area contributed by atoms with Crippen LogP contribution in [0.2, 0.25) is 0 Å². The van der Waals surface area contributed by atoms with Gasteiger partial charge in [0.15, 0.2) is 0 Å². The second-order valence-corrected chi connectivity index (χ2v) is 4.32. The van der Waals surface area contributed by atoms with Gasteiger partial charge in [0.05, 0.1) is 13.2 Å². The van der Waals surface area contributed by atoms with E-state index in [9.17, 15) is 13.3 Å². The minimum absolute atomic E-state index is 0.113. The second-order valence-electron chi connectivity index (χ2n) is 2.25. The SMILES string of the molecule is CC#CC(F)(F)P(=O)(OCC)OCC. The molecule has 0 radical (unpaired) electrons. The summed E-state index contributed by atoms with van der Waals surface area (Å²) in [5.41, 5.74) is -3.74. The van der Waals surface area contributed by atoms with Crippen LogP contribution in [0.15, 0.2) is 0 Å². The smallest absolute Gasteiger partial charge is 0.304 e. The van der Waals surface area contributed by atoms with E-state index in [0.717, 1.165) is 0 Å². The monoisotopic (exact) mass is 226 g/mol. The molecule has 0 aliphatic carbocycles. The highest BCUT2D eigenvalue weighted by molar-refractivity contribution is 7.55. The van der Waals surface area contributed by atoms with Gasteiger partial charge in [-0.1, -0.05) is 5.92 Å². The molecule has 0 fully saturated rings. The zero-order valence-corrected chi connectivity index (χ0v) is 9.24. The lowest BCUT2D eigenvalue weighted by atomic mass is 10.6. The zero-order chi connectivity index (χ0) is 11.2. The van der Waals surface area contributed by atoms with Crippen molar-refractivity contribution in [2.45, 2.75) is 26.4 Å². The quantitative estimate of drug-likeness (QED) is 0.534. The minimum Gasteiger partial charge on any atom is -0.304 e. The summed E-state index contributed by atoms with van der Waals surface area (Å²) in [4.78, 5) is 0. The molecule has 0 N–H and O–H groups in total. The lowest BCUT2D eigenvalue weighted by molar-refractivity contribution is 0.0870. The number of hydrogen-bond donors (Lipinski definition) is 0. The molecular formula is C8H13F2O3P. The van der Waals surface area contributed by atoms with Gasteiger partial charge in [0, 0.05) is 0 Å². The maximum atomic E-state index is 13.2. The molecule has 0 atom stereocenters. The van der Waals surface area contributed by atoms with Crippen LogP contribution < -0.4 is 0 Å². The van der Waals surface area contributed by atoms with E-state index >= 15 is 0 Å². The first-order chi connectivity index (χ1) is 6.43. The molecular weight excluding hydrogens is 213 g/mol. The summed E-state index contributed by atoms with van der Waals surface area (Å²) in [5, 5.41) is 0. The summed E-state index contributed by atoms with van der Waals surface area (Å²) in [6, 6.07) is 0. The molecule has 0 aromatic heterocycles. The van der Waals surface area contributed by atoms with E-state index in [4.69, 9.17) is 0 Å². The standard InChI is InChI=1S/C8H13F2O3P/c1-4-7-8(9,10)14(11,12-5-2)13-6-3/h5-6H2,1-3H3. The van der Waals surface area contributed by atoms with Crippen molar-refractivity contribution in [2.75, 3.05) is 13.2 Å². The predicted molar refractivity (Wildman–Crippen MR) is 49.3 cm³/mol. The normalized spacial score (nSPS) is 12.1. The third-order valence-corrected chi connectivity index (χ3v) is 3.21. The molecule has 0 saturated heterocycles. The summed E-state index contributed by atoms with van der Waals surface area (Å²) in [6.45, 7) is 3.93. The third-order valence-electron chi connectivity index (χ3n) is 1.22. The Bertz CT molecular complexity index is 270. The van der Waals surface area contributed by atoms with Crippen molar-refractivity contribution >= 4 is 7.60 Å². The van der Waals surface area contributed by atoms with E-state index in [1.807, 2.05) is 5.92 Å². The summed E-state index contributed by atoms with van der Waals surface area (Å²) in [5.74, 6) is 3.53. The van der Waals surface area contributed by atoms with Crippen molar-refractivity contribution in [3.05, 3.63) is 0 Å². The highest BCUT2D eigenvalue weighted by atomic mass is 31.2. The van der Waals surface area contributed by atoms with Crippen molar-refractivity contribution < 1.29 is 22.4 Å². The Morgan fingerprint density at radius 3 is 2.00 bits per heavy atom. The second kappa shape index (κ2) is 5.45. The van der Waals surface area contributed by atoms with Crippen molar-refractivity contribution in [3.8, 4) is 11.8 Å². The summed E-state index contributed by atoms with van der Waals surface area (Å²) < 4.78 is 46.8. The number of halogens is 2. The van der Waals surface area contributed by atoms with Crippen molar-refractivity contribution in [3.63, 3.8) is 0 Å². The average Bonchev–Trinajstić information content (AvgIpc) is 2.04. The largest absolute Gasteiger partial charge is 0.412 e. The van der Waals surface area contributed by atoms with Crippen LogP contribution in [-0.2, 0) is 13.6 Å². The topological polar surface area (TPSA) is 35.5 Å². The fourth-order valence-electron chi connectivity index (χ4n) is 0.758. The summed E-state index contributed by atoms with van der Waals surface area (Å²) in [7, 11) is -4.45. The Morgan fingerprint density at radius 2 is 1.71 bits per heavy atom. The van der Waals surface area contributed by atoms with E-state index in [-0.39, 0.29) is 13.2 Å². The molecule has 0 aliphatic heterocycles. The van der Waals surface area contributed by atoms with Crippen molar-refractivity contribution in [1.29, 1.82) is 0 Å². The molecule has 0 aromatic rings. The Balaban J connectivity index is 4.95. The van der Waals surface area contributed by atoms with Gasteiger partial charge in [-0.05, 0) is 26.7 Å². The minimum atomic E-state index is -4.45. The van der Waals surface area contributed by atoms with Crippen LogP contribution in [0.25, 0.3) is 0 Å². The molecule has 3 nitrogen and oxygen atoms in total. The Kier molecular flexibility index (Phi) is 5.28. The van der Waals surface area contributed by atoms with Crippen LogP contribution in [0.1, 0.15) is 20.8 Å². The molecule has 6 heteroatoms. The molecule has 0 bridgehead atoms. The maximum Gasteiger partial charge on any atom is 0.412 e. The average molecular weight is 226 g/mol. The van der Waals surface area contributed by atoms with Crippen LogP contribution in [0, 0.1) is 11.8 Å². The molecule has 0 aromatic carbocycles. The van der Waals surface area contributed by atoms with Crippen molar-refractivity contribution in [1.82, 2.24) is 0 Å². The van der Waals surface area contributed by atoms with Gasteiger partial charge in [-0.3, -0.25) is 4.57 Å². The Labute approximate surface area is 82.3 Å². The number of alkyl halides is 2. The van der Waals surface area contributed by atoms with E-state index in [1.165, 1.54) is 26.7 Å². The van der Waals surface area contributed by atoms with Gasteiger partial charge in [-0.2, -0.15) is 8.78 Å². The highest BCUT2D eigenvalue weighted by Crippen LogP contribution is 2.61. The third kappa shape index (κ3) is 3.06. The molecule has 0 spiro atoms. The predicted octanol–water partition coefficient (Wildman–Crippen LogP) is 2.87. The van der Waals surface area contributed by atoms with Gasteiger partial charge in [-0.25, -0.2) is 0 Å². The maximum absolute atomic E-state index is 13.2. The highest BCUT2D eigenvalue weighted by Gasteiger charge is 2.52. The molecule has 14 heavy (non-hydrogen) atoms. The van der Waals surface area contributed by atoms with Gasteiger partial charge < -0.3 is 9.05 Å². The van der Waals surface area contributed by atoms with Gasteiger partial charge >= 0.3 is 13.3 Å². The van der Waals surface area contributed by atoms with Crippen molar-refractivity contribution in [2.24, 2.45) is 0 Å². The van der Waals surface area contributed by atoms with Crippen LogP contribution in [0.5, 0.6) is 0 Å². The van der Waals surface area contributed by atoms with E-state index in [2.05, 4.69) is 9.05 Å². The molecule has 0 amide bonds. The van der Waals surface area contributed by atoms with E-state index in [0.29, 0.717) is 0 Å². The number of rotatable bonds is 5. The molecule has 0 rings (SSSR count). The summed E-state index contributed by atoms with van der Waals surface area (Å²) in [6.07, 6.45) is 0. The van der Waals surface area contributed by atoms with Gasteiger partial charge in [0.25, 0.3) is 0 Å². The fourth-order valence-corrected chi connectivity index (χ4v) is 2.09. The molecule has 82 valence electrons. The fraction of sp³-hybridized carbons (Fsp3) is 0.750. The van der Waals surface area contributed by atoms with Crippen LogP contribution in [-0.4, -0.2) is 18.9 Å². The van der Waals surface area contributed by atoms with Gasteiger partial charge in [0.2, 0.25) is 0 Å². The molecule has 0 heterocycles. The van der Waals surface area contributed by atoms with Crippen LogP contribution >= 0.6 is 7.60 Å². The molecule has 0 unspecified atom stereocenters. The molecule has 0 saturated carbocycles. The number of hydrogen-bond acceptors (Lipinski definition) is 3. The lowest BCUT2D eigenvalue weighted by Crippen LogP contribution is -2.18. The van der Waals surface area contributed by atoms with Gasteiger partial charge in [0.1, 0.15) is 0 Å². The zero-order valence-electron chi connectivity index (χ0n) is 8.34. The first-order valence-corrected chi connectivity index (χ1v) is 5.68. The van der Waals surface area contributed by atoms with E-state index in [1.54, 1.807) is 0 Å². The van der Waals surface area contributed by atoms with Gasteiger partial charge in [-0.15, -0.1) is 0 Å². The lowest BCUT2D eigenvalue weighted by Gasteiger charge is -2.21.